The molecule has 0 fully saturated rings. The Morgan fingerprint density at radius 1 is 0.810 bits per heavy atom. The lowest BCUT2D eigenvalue weighted by atomic mass is 10.1. The summed E-state index contributed by atoms with van der Waals surface area (Å²) in [7, 11) is 0. The van der Waals surface area contributed by atoms with Gasteiger partial charge in [0, 0.05) is 0 Å². The molecular weight excluding hydrogens is 323 g/mol. The highest BCUT2D eigenvalue weighted by molar-refractivity contribution is 7.99. The number of hydrogen-bond donors (Lipinski definition) is 1. The first-order valence-corrected chi connectivity index (χ1v) is 6.96. The van der Waals surface area contributed by atoms with E-state index in [0.29, 0.717) is 37.6 Å². The van der Waals surface area contributed by atoms with Crippen LogP contribution in [0.1, 0.15) is 24.8 Å². The SMILES string of the molecule is NCCCCCSc1c(F)c(F)c(C(F)(F)F)c(F)c1F. The zero-order chi connectivity index (χ0) is 16.2. The fraction of sp³-hybridized carbons (Fsp3) is 0.500. The van der Waals surface area contributed by atoms with Gasteiger partial charge >= 0.3 is 6.18 Å². The molecule has 0 heterocycles. The van der Waals surface area contributed by atoms with Gasteiger partial charge in [0.2, 0.25) is 0 Å². The molecule has 0 amide bonds. The largest absolute Gasteiger partial charge is 0.422 e. The highest BCUT2D eigenvalue weighted by Gasteiger charge is 2.42. The average Bonchev–Trinajstić information content (AvgIpc) is 2.38. The summed E-state index contributed by atoms with van der Waals surface area (Å²) in [6, 6.07) is 0. The molecule has 0 aliphatic rings. The molecule has 0 radical (unpaired) electrons. The molecule has 0 spiro atoms. The van der Waals surface area contributed by atoms with Crippen LogP contribution in [0.4, 0.5) is 30.7 Å². The smallest absolute Gasteiger partial charge is 0.330 e. The van der Waals surface area contributed by atoms with Gasteiger partial charge in [-0.2, -0.15) is 13.2 Å². The van der Waals surface area contributed by atoms with Gasteiger partial charge in [-0.1, -0.05) is 6.42 Å². The molecule has 120 valence electrons. The maximum absolute atomic E-state index is 13.5. The van der Waals surface area contributed by atoms with E-state index in [-0.39, 0.29) is 5.75 Å². The number of halogens is 7. The molecule has 0 atom stereocenters. The number of unbranched alkanes of at least 4 members (excludes halogenated alkanes) is 2. The summed E-state index contributed by atoms with van der Waals surface area (Å²) in [5, 5.41) is 0. The van der Waals surface area contributed by atoms with Crippen molar-refractivity contribution in [3.05, 3.63) is 28.8 Å². The van der Waals surface area contributed by atoms with Crippen LogP contribution in [0.15, 0.2) is 4.90 Å². The highest BCUT2D eigenvalue weighted by Crippen LogP contribution is 2.39. The predicted molar refractivity (Wildman–Crippen MR) is 64.9 cm³/mol. The van der Waals surface area contributed by atoms with Gasteiger partial charge in [0.25, 0.3) is 0 Å². The van der Waals surface area contributed by atoms with Crippen LogP contribution < -0.4 is 5.73 Å². The van der Waals surface area contributed by atoms with Crippen molar-refractivity contribution in [2.45, 2.75) is 30.3 Å². The van der Waals surface area contributed by atoms with Gasteiger partial charge in [-0.25, -0.2) is 17.6 Å². The van der Waals surface area contributed by atoms with E-state index in [2.05, 4.69) is 0 Å². The van der Waals surface area contributed by atoms with E-state index in [9.17, 15) is 30.7 Å². The predicted octanol–water partition coefficient (Wildman–Crippen LogP) is 4.48. The van der Waals surface area contributed by atoms with E-state index in [1.54, 1.807) is 0 Å². The van der Waals surface area contributed by atoms with Crippen molar-refractivity contribution in [1.29, 1.82) is 0 Å². The molecule has 1 aromatic rings. The Balaban J connectivity index is 3.03. The van der Waals surface area contributed by atoms with Crippen molar-refractivity contribution in [2.75, 3.05) is 12.3 Å². The lowest BCUT2D eigenvalue weighted by molar-refractivity contribution is -0.143. The number of thioether (sulfide) groups is 1. The van der Waals surface area contributed by atoms with Crippen LogP contribution in [-0.2, 0) is 6.18 Å². The second kappa shape index (κ2) is 7.35. The first-order chi connectivity index (χ1) is 9.71. The van der Waals surface area contributed by atoms with Gasteiger partial charge in [-0.15, -0.1) is 11.8 Å². The zero-order valence-electron chi connectivity index (χ0n) is 10.7. The van der Waals surface area contributed by atoms with Gasteiger partial charge in [0.1, 0.15) is 5.56 Å². The number of benzene rings is 1. The standard InChI is InChI=1S/C12H12F7NS/c13-7-6(12(17,18)19)8(14)10(16)11(9(7)15)21-5-3-1-2-4-20/h1-5,20H2. The molecule has 0 bridgehead atoms. The minimum Gasteiger partial charge on any atom is -0.330 e. The van der Waals surface area contributed by atoms with Crippen molar-refractivity contribution in [1.82, 2.24) is 0 Å². The summed E-state index contributed by atoms with van der Waals surface area (Å²) in [4.78, 5) is -1.08. The molecule has 21 heavy (non-hydrogen) atoms. The number of hydrogen-bond acceptors (Lipinski definition) is 2. The van der Waals surface area contributed by atoms with E-state index < -0.39 is 39.9 Å². The molecule has 1 aromatic carbocycles. The fourth-order valence-electron chi connectivity index (χ4n) is 1.58. The molecule has 2 N–H and O–H groups in total. The van der Waals surface area contributed by atoms with Crippen molar-refractivity contribution < 1.29 is 30.7 Å². The lowest BCUT2D eigenvalue weighted by Gasteiger charge is -2.13. The van der Waals surface area contributed by atoms with E-state index >= 15 is 0 Å². The third kappa shape index (κ3) is 4.26. The summed E-state index contributed by atoms with van der Waals surface area (Å²) in [6.07, 6.45) is -3.75. The van der Waals surface area contributed by atoms with Gasteiger partial charge in [-0.3, -0.25) is 0 Å². The first-order valence-electron chi connectivity index (χ1n) is 5.97. The Hall–Kier alpha value is -0.960. The average molecular weight is 335 g/mol. The quantitative estimate of drug-likeness (QED) is 0.359. The topological polar surface area (TPSA) is 26.0 Å². The molecule has 0 aliphatic carbocycles. The van der Waals surface area contributed by atoms with Gasteiger partial charge in [-0.05, 0) is 25.1 Å². The molecule has 0 aliphatic heterocycles. The highest BCUT2D eigenvalue weighted by atomic mass is 32.2. The molecule has 0 saturated heterocycles. The van der Waals surface area contributed by atoms with E-state index in [0.717, 1.165) is 0 Å². The molecule has 0 saturated carbocycles. The molecule has 1 rings (SSSR count). The van der Waals surface area contributed by atoms with Crippen LogP contribution >= 0.6 is 11.8 Å². The Morgan fingerprint density at radius 2 is 1.33 bits per heavy atom. The van der Waals surface area contributed by atoms with E-state index in [1.807, 2.05) is 0 Å². The molecular formula is C12H12F7NS. The Kier molecular flexibility index (Phi) is 6.33. The normalized spacial score (nSPS) is 12.0. The molecule has 1 nitrogen and oxygen atoms in total. The van der Waals surface area contributed by atoms with Crippen LogP contribution in [0.25, 0.3) is 0 Å². The third-order valence-electron chi connectivity index (χ3n) is 2.60. The Labute approximate surface area is 120 Å². The van der Waals surface area contributed by atoms with Crippen LogP contribution in [-0.4, -0.2) is 12.3 Å². The molecule has 9 heteroatoms. The maximum atomic E-state index is 13.5. The molecule has 0 unspecified atom stereocenters. The lowest BCUT2D eigenvalue weighted by Crippen LogP contribution is -2.15. The number of nitrogens with two attached hydrogens (primary N) is 1. The fourth-order valence-corrected chi connectivity index (χ4v) is 2.57. The second-order valence-corrected chi connectivity index (χ2v) is 5.26. The monoisotopic (exact) mass is 335 g/mol. The van der Waals surface area contributed by atoms with Crippen LogP contribution in [0.5, 0.6) is 0 Å². The first kappa shape index (κ1) is 18.1. The van der Waals surface area contributed by atoms with E-state index in [4.69, 9.17) is 5.73 Å². The van der Waals surface area contributed by atoms with E-state index in [1.165, 1.54) is 0 Å². The van der Waals surface area contributed by atoms with Crippen molar-refractivity contribution in [3.63, 3.8) is 0 Å². The summed E-state index contributed by atoms with van der Waals surface area (Å²) in [5.41, 5.74) is 2.68. The third-order valence-corrected chi connectivity index (χ3v) is 3.74. The second-order valence-electron chi connectivity index (χ2n) is 4.16. The number of alkyl halides is 3. The molecule has 0 aromatic heterocycles. The summed E-state index contributed by atoms with van der Waals surface area (Å²) in [6.45, 7) is 0.428. The summed E-state index contributed by atoms with van der Waals surface area (Å²) < 4.78 is 90.6. The van der Waals surface area contributed by atoms with Crippen molar-refractivity contribution in [2.24, 2.45) is 5.73 Å². The minimum absolute atomic E-state index is 0.109. The van der Waals surface area contributed by atoms with Crippen LogP contribution in [0, 0.1) is 23.3 Å². The van der Waals surface area contributed by atoms with Crippen molar-refractivity contribution >= 4 is 11.8 Å². The minimum atomic E-state index is -5.51. The Bertz CT molecular complexity index is 472. The van der Waals surface area contributed by atoms with Crippen LogP contribution in [0.3, 0.4) is 0 Å². The zero-order valence-corrected chi connectivity index (χ0v) is 11.5. The van der Waals surface area contributed by atoms with Gasteiger partial charge in [0.05, 0.1) is 4.90 Å². The van der Waals surface area contributed by atoms with Crippen LogP contribution in [0.2, 0.25) is 0 Å². The van der Waals surface area contributed by atoms with Crippen molar-refractivity contribution in [3.8, 4) is 0 Å². The summed E-state index contributed by atoms with van der Waals surface area (Å²) in [5.74, 6) is -8.79. The Morgan fingerprint density at radius 3 is 1.76 bits per heavy atom. The van der Waals surface area contributed by atoms with Gasteiger partial charge < -0.3 is 5.73 Å². The maximum Gasteiger partial charge on any atom is 0.422 e. The summed E-state index contributed by atoms with van der Waals surface area (Å²) >= 11 is 0.434. The number of rotatable bonds is 6. The van der Waals surface area contributed by atoms with Gasteiger partial charge in [0.15, 0.2) is 23.3 Å².